The molecule has 0 unspecified atom stereocenters. The van der Waals surface area contributed by atoms with Crippen molar-refractivity contribution >= 4 is 0 Å². The summed E-state index contributed by atoms with van der Waals surface area (Å²) in [6, 6.07) is 1.93. The first-order valence-corrected chi connectivity index (χ1v) is 4.88. The summed E-state index contributed by atoms with van der Waals surface area (Å²) in [5, 5.41) is 12.2. The zero-order valence-corrected chi connectivity index (χ0v) is 8.88. The highest BCUT2D eigenvalue weighted by Crippen LogP contribution is 2.20. The molecule has 80 valence electrons. The molecule has 0 amide bonds. The maximum Gasteiger partial charge on any atom is 0.111 e. The zero-order valence-electron chi connectivity index (χ0n) is 8.88. The Morgan fingerprint density at radius 3 is 2.80 bits per heavy atom. The molecule has 0 saturated heterocycles. The molecule has 15 heavy (non-hydrogen) atoms. The van der Waals surface area contributed by atoms with E-state index >= 15 is 0 Å². The van der Waals surface area contributed by atoms with Crippen molar-refractivity contribution in [1.82, 2.24) is 24.8 Å². The van der Waals surface area contributed by atoms with Crippen LogP contribution in [0.5, 0.6) is 0 Å². The third-order valence-electron chi connectivity index (χ3n) is 2.36. The lowest BCUT2D eigenvalue weighted by Gasteiger charge is -2.05. The molecule has 0 saturated carbocycles. The summed E-state index contributed by atoms with van der Waals surface area (Å²) < 4.78 is 3.63. The average Bonchev–Trinajstić information content (AvgIpc) is 2.82. The number of hydrogen-bond acceptors (Lipinski definition) is 4. The van der Waals surface area contributed by atoms with Gasteiger partial charge in [0.2, 0.25) is 0 Å². The van der Waals surface area contributed by atoms with Crippen LogP contribution in [0.15, 0.2) is 12.3 Å². The van der Waals surface area contributed by atoms with Crippen LogP contribution in [0, 0.1) is 0 Å². The number of rotatable bonds is 3. The maximum atomic E-state index is 5.63. The summed E-state index contributed by atoms with van der Waals surface area (Å²) in [4.78, 5) is 0. The molecule has 0 aliphatic rings. The molecule has 0 aliphatic heterocycles. The third-order valence-corrected chi connectivity index (χ3v) is 2.36. The van der Waals surface area contributed by atoms with Crippen LogP contribution in [-0.2, 0) is 20.1 Å². The van der Waals surface area contributed by atoms with E-state index in [4.69, 9.17) is 5.73 Å². The standard InChI is InChI=1S/C9H14N6/c1-3-15-9(7(6-10)12-13-15)8-4-5-11-14(8)2/h4-5H,3,6,10H2,1-2H3. The second-order valence-electron chi connectivity index (χ2n) is 3.24. The molecule has 0 bridgehead atoms. The minimum absolute atomic E-state index is 0.389. The molecule has 0 radical (unpaired) electrons. The molecule has 6 heteroatoms. The average molecular weight is 206 g/mol. The van der Waals surface area contributed by atoms with Crippen molar-refractivity contribution in [2.24, 2.45) is 12.8 Å². The van der Waals surface area contributed by atoms with Gasteiger partial charge in [0.25, 0.3) is 0 Å². The van der Waals surface area contributed by atoms with Gasteiger partial charge in [0, 0.05) is 26.3 Å². The Morgan fingerprint density at radius 2 is 2.27 bits per heavy atom. The van der Waals surface area contributed by atoms with E-state index in [1.54, 1.807) is 10.9 Å². The van der Waals surface area contributed by atoms with Gasteiger partial charge in [-0.1, -0.05) is 5.21 Å². The van der Waals surface area contributed by atoms with Crippen LogP contribution in [-0.4, -0.2) is 24.8 Å². The van der Waals surface area contributed by atoms with E-state index in [0.717, 1.165) is 23.6 Å². The van der Waals surface area contributed by atoms with Gasteiger partial charge in [-0.25, -0.2) is 4.68 Å². The van der Waals surface area contributed by atoms with Crippen molar-refractivity contribution in [1.29, 1.82) is 0 Å². The molecule has 0 fully saturated rings. The zero-order chi connectivity index (χ0) is 10.8. The van der Waals surface area contributed by atoms with E-state index in [1.807, 2.05) is 24.7 Å². The highest BCUT2D eigenvalue weighted by molar-refractivity contribution is 5.57. The molecule has 0 atom stereocenters. The van der Waals surface area contributed by atoms with Crippen LogP contribution in [0.3, 0.4) is 0 Å². The Balaban J connectivity index is 2.59. The molecule has 2 heterocycles. The fraction of sp³-hybridized carbons (Fsp3) is 0.444. The Kier molecular flexibility index (Phi) is 2.51. The fourth-order valence-corrected chi connectivity index (χ4v) is 1.59. The molecule has 6 nitrogen and oxygen atoms in total. The third kappa shape index (κ3) is 1.52. The van der Waals surface area contributed by atoms with Crippen molar-refractivity contribution in [3.05, 3.63) is 18.0 Å². The number of aromatic nitrogens is 5. The van der Waals surface area contributed by atoms with Gasteiger partial charge in [-0.2, -0.15) is 5.10 Å². The molecular formula is C9H14N6. The quantitative estimate of drug-likeness (QED) is 0.776. The smallest absolute Gasteiger partial charge is 0.111 e. The molecule has 0 aliphatic carbocycles. The van der Waals surface area contributed by atoms with Crippen molar-refractivity contribution in [2.75, 3.05) is 0 Å². The molecule has 2 aromatic rings. The van der Waals surface area contributed by atoms with E-state index in [-0.39, 0.29) is 0 Å². The number of nitrogens with zero attached hydrogens (tertiary/aromatic N) is 5. The number of nitrogens with two attached hydrogens (primary N) is 1. The summed E-state index contributed by atoms with van der Waals surface area (Å²) in [5.41, 5.74) is 8.38. The van der Waals surface area contributed by atoms with Crippen LogP contribution in [0.4, 0.5) is 0 Å². The number of hydrogen-bond donors (Lipinski definition) is 1. The fourth-order valence-electron chi connectivity index (χ4n) is 1.59. The van der Waals surface area contributed by atoms with E-state index < -0.39 is 0 Å². The highest BCUT2D eigenvalue weighted by Gasteiger charge is 2.15. The molecule has 0 aromatic carbocycles. The van der Waals surface area contributed by atoms with Crippen molar-refractivity contribution in [3.8, 4) is 11.4 Å². The highest BCUT2D eigenvalue weighted by atomic mass is 15.4. The van der Waals surface area contributed by atoms with Gasteiger partial charge >= 0.3 is 0 Å². The first-order valence-electron chi connectivity index (χ1n) is 4.88. The summed E-state index contributed by atoms with van der Waals surface area (Å²) in [7, 11) is 1.89. The first-order chi connectivity index (χ1) is 7.27. The van der Waals surface area contributed by atoms with Gasteiger partial charge < -0.3 is 5.73 Å². The first kappa shape index (κ1) is 9.85. The van der Waals surface area contributed by atoms with Gasteiger partial charge in [-0.15, -0.1) is 5.10 Å². The normalized spacial score (nSPS) is 10.9. The second kappa shape index (κ2) is 3.82. The molecule has 0 spiro atoms. The summed E-state index contributed by atoms with van der Waals surface area (Å²) in [5.74, 6) is 0. The van der Waals surface area contributed by atoms with E-state index in [9.17, 15) is 0 Å². The lowest BCUT2D eigenvalue weighted by molar-refractivity contribution is 0.627. The minimum Gasteiger partial charge on any atom is -0.325 e. The van der Waals surface area contributed by atoms with Gasteiger partial charge in [0.05, 0.1) is 5.69 Å². The molecule has 2 N–H and O–H groups in total. The predicted molar refractivity (Wildman–Crippen MR) is 55.8 cm³/mol. The number of aryl methyl sites for hydroxylation is 2. The lowest BCUT2D eigenvalue weighted by Crippen LogP contribution is -2.06. The van der Waals surface area contributed by atoms with Crippen LogP contribution >= 0.6 is 0 Å². The van der Waals surface area contributed by atoms with Crippen molar-refractivity contribution < 1.29 is 0 Å². The van der Waals surface area contributed by atoms with Crippen LogP contribution in [0.2, 0.25) is 0 Å². The predicted octanol–water partition coefficient (Wildman–Crippen LogP) is 0.157. The Morgan fingerprint density at radius 1 is 1.47 bits per heavy atom. The van der Waals surface area contributed by atoms with Crippen LogP contribution < -0.4 is 5.73 Å². The molecule has 2 aromatic heterocycles. The van der Waals surface area contributed by atoms with Crippen LogP contribution in [0.1, 0.15) is 12.6 Å². The molecule has 2 rings (SSSR count). The summed E-state index contributed by atoms with van der Waals surface area (Å²) in [6.07, 6.45) is 1.75. The summed E-state index contributed by atoms with van der Waals surface area (Å²) >= 11 is 0. The van der Waals surface area contributed by atoms with Gasteiger partial charge in [-0.3, -0.25) is 4.68 Å². The SMILES string of the molecule is CCn1nnc(CN)c1-c1ccnn1C. The van der Waals surface area contributed by atoms with Gasteiger partial charge in [0.1, 0.15) is 11.4 Å². The topological polar surface area (TPSA) is 74.6 Å². The minimum atomic E-state index is 0.389. The Labute approximate surface area is 87.7 Å². The van der Waals surface area contributed by atoms with Crippen molar-refractivity contribution in [2.45, 2.75) is 20.0 Å². The largest absolute Gasteiger partial charge is 0.325 e. The lowest BCUT2D eigenvalue weighted by atomic mass is 10.2. The van der Waals surface area contributed by atoms with E-state index in [0.29, 0.717) is 6.54 Å². The molecular weight excluding hydrogens is 192 g/mol. The van der Waals surface area contributed by atoms with E-state index in [1.165, 1.54) is 0 Å². The summed E-state index contributed by atoms with van der Waals surface area (Å²) in [6.45, 7) is 3.18. The van der Waals surface area contributed by atoms with Gasteiger partial charge in [0.15, 0.2) is 0 Å². The monoisotopic (exact) mass is 206 g/mol. The van der Waals surface area contributed by atoms with Crippen molar-refractivity contribution in [3.63, 3.8) is 0 Å². The van der Waals surface area contributed by atoms with Crippen LogP contribution in [0.25, 0.3) is 11.4 Å². The van der Waals surface area contributed by atoms with Gasteiger partial charge in [-0.05, 0) is 13.0 Å². The van der Waals surface area contributed by atoms with E-state index in [2.05, 4.69) is 15.4 Å². The Hall–Kier alpha value is -1.69. The Bertz CT molecular complexity index is 433. The maximum absolute atomic E-state index is 5.63. The second-order valence-corrected chi connectivity index (χ2v) is 3.24.